The molecular formula is C15H30N2O2. The van der Waals surface area contributed by atoms with Gasteiger partial charge in [-0.1, -0.05) is 6.92 Å². The van der Waals surface area contributed by atoms with Crippen molar-refractivity contribution >= 4 is 5.97 Å². The summed E-state index contributed by atoms with van der Waals surface area (Å²) in [7, 11) is 1.83. The summed E-state index contributed by atoms with van der Waals surface area (Å²) in [5, 5.41) is 3.12. The molecule has 0 aromatic rings. The molecule has 3 atom stereocenters. The van der Waals surface area contributed by atoms with E-state index in [0.29, 0.717) is 12.6 Å². The lowest BCUT2D eigenvalue weighted by Gasteiger charge is -2.28. The number of rotatable bonds is 7. The van der Waals surface area contributed by atoms with Crippen LogP contribution in [0, 0.1) is 5.92 Å². The Morgan fingerprint density at radius 1 is 1.47 bits per heavy atom. The van der Waals surface area contributed by atoms with E-state index in [9.17, 15) is 4.79 Å². The van der Waals surface area contributed by atoms with Gasteiger partial charge in [0.15, 0.2) is 0 Å². The maximum atomic E-state index is 11.9. The Labute approximate surface area is 117 Å². The molecule has 1 aliphatic rings. The highest BCUT2D eigenvalue weighted by Crippen LogP contribution is 2.23. The van der Waals surface area contributed by atoms with E-state index in [1.54, 1.807) is 0 Å². The number of likely N-dealkylation sites (tertiary alicyclic amines) is 1. The zero-order valence-corrected chi connectivity index (χ0v) is 13.2. The molecule has 19 heavy (non-hydrogen) atoms. The van der Waals surface area contributed by atoms with Crippen LogP contribution >= 0.6 is 0 Å². The smallest absolute Gasteiger partial charge is 0.326 e. The van der Waals surface area contributed by atoms with E-state index in [0.717, 1.165) is 25.3 Å². The summed E-state index contributed by atoms with van der Waals surface area (Å²) in [6.07, 6.45) is 3.13. The quantitative estimate of drug-likeness (QED) is 0.719. The molecule has 4 nitrogen and oxygen atoms in total. The Hall–Kier alpha value is -0.610. The average Bonchev–Trinajstić information content (AvgIpc) is 2.68. The van der Waals surface area contributed by atoms with Gasteiger partial charge in [-0.3, -0.25) is 4.79 Å². The second kappa shape index (κ2) is 7.25. The van der Waals surface area contributed by atoms with Gasteiger partial charge in [-0.25, -0.2) is 0 Å². The van der Waals surface area contributed by atoms with Gasteiger partial charge in [0.1, 0.15) is 5.54 Å². The Bertz CT molecular complexity index is 296. The molecule has 0 bridgehead atoms. The van der Waals surface area contributed by atoms with Crippen LogP contribution < -0.4 is 5.32 Å². The maximum absolute atomic E-state index is 11.9. The number of carbonyl (C=O) groups is 1. The van der Waals surface area contributed by atoms with Gasteiger partial charge >= 0.3 is 5.97 Å². The van der Waals surface area contributed by atoms with Crippen molar-refractivity contribution < 1.29 is 9.53 Å². The van der Waals surface area contributed by atoms with Gasteiger partial charge in [0, 0.05) is 12.6 Å². The highest BCUT2D eigenvalue weighted by molar-refractivity contribution is 5.80. The van der Waals surface area contributed by atoms with Crippen LogP contribution in [0.1, 0.15) is 47.0 Å². The van der Waals surface area contributed by atoms with E-state index >= 15 is 0 Å². The van der Waals surface area contributed by atoms with Gasteiger partial charge in [-0.05, 0) is 59.5 Å². The van der Waals surface area contributed by atoms with E-state index in [2.05, 4.69) is 24.1 Å². The number of ether oxygens (including phenoxy) is 1. The molecular weight excluding hydrogens is 240 g/mol. The molecule has 4 heteroatoms. The normalized spacial score (nSPS) is 27.2. The van der Waals surface area contributed by atoms with E-state index in [1.165, 1.54) is 13.0 Å². The molecule has 0 spiro atoms. The first-order chi connectivity index (χ1) is 8.92. The number of esters is 1. The highest BCUT2D eigenvalue weighted by atomic mass is 16.5. The van der Waals surface area contributed by atoms with Gasteiger partial charge in [-0.15, -0.1) is 0 Å². The van der Waals surface area contributed by atoms with Gasteiger partial charge in [-0.2, -0.15) is 0 Å². The Balaban J connectivity index is 2.39. The van der Waals surface area contributed by atoms with Crippen LogP contribution in [0.5, 0.6) is 0 Å². The topological polar surface area (TPSA) is 41.6 Å². The lowest BCUT2D eigenvalue weighted by molar-refractivity contribution is -0.150. The minimum absolute atomic E-state index is 0.139. The maximum Gasteiger partial charge on any atom is 0.326 e. The minimum Gasteiger partial charge on any atom is -0.465 e. The summed E-state index contributed by atoms with van der Waals surface area (Å²) in [6.45, 7) is 11.1. The number of hydrogen-bond acceptors (Lipinski definition) is 4. The molecule has 1 heterocycles. The predicted octanol–water partition coefficient (Wildman–Crippen LogP) is 2.04. The minimum atomic E-state index is -0.551. The largest absolute Gasteiger partial charge is 0.465 e. The van der Waals surface area contributed by atoms with Gasteiger partial charge in [0.25, 0.3) is 0 Å². The van der Waals surface area contributed by atoms with Crippen molar-refractivity contribution in [3.63, 3.8) is 0 Å². The van der Waals surface area contributed by atoms with Gasteiger partial charge in [0.05, 0.1) is 6.61 Å². The van der Waals surface area contributed by atoms with Crippen LogP contribution in [0.25, 0.3) is 0 Å². The Morgan fingerprint density at radius 3 is 2.63 bits per heavy atom. The number of carbonyl (C=O) groups excluding carboxylic acids is 1. The van der Waals surface area contributed by atoms with E-state index in [1.807, 2.05) is 20.9 Å². The fraction of sp³-hybridized carbons (Fsp3) is 0.933. The third-order valence-corrected chi connectivity index (χ3v) is 4.31. The zero-order valence-electron chi connectivity index (χ0n) is 13.2. The van der Waals surface area contributed by atoms with Crippen molar-refractivity contribution in [3.05, 3.63) is 0 Å². The second-order valence-electron chi connectivity index (χ2n) is 6.09. The fourth-order valence-corrected chi connectivity index (χ4v) is 2.95. The standard InChI is InChI=1S/C15H30N2O2/c1-6-19-14(18)15(4,16-5)8-7-9-17-11-12(2)10-13(17)3/h12-13,16H,6-11H2,1-5H3. The number of likely N-dealkylation sites (N-methyl/N-ethyl adjacent to an activating group) is 1. The summed E-state index contributed by atoms with van der Waals surface area (Å²) < 4.78 is 5.14. The van der Waals surface area contributed by atoms with Crippen molar-refractivity contribution in [2.75, 3.05) is 26.7 Å². The van der Waals surface area contributed by atoms with Crippen molar-refractivity contribution in [1.82, 2.24) is 10.2 Å². The SMILES string of the molecule is CCOC(=O)C(C)(CCCN1CC(C)CC1C)NC. The first-order valence-corrected chi connectivity index (χ1v) is 7.53. The molecule has 0 aliphatic carbocycles. The van der Waals surface area contributed by atoms with E-state index in [4.69, 9.17) is 4.74 Å². The van der Waals surface area contributed by atoms with Crippen molar-refractivity contribution in [1.29, 1.82) is 0 Å². The summed E-state index contributed by atoms with van der Waals surface area (Å²) in [4.78, 5) is 14.5. The highest BCUT2D eigenvalue weighted by Gasteiger charge is 2.33. The molecule has 1 saturated heterocycles. The van der Waals surface area contributed by atoms with Crippen molar-refractivity contribution in [2.45, 2.75) is 58.5 Å². The number of nitrogens with one attached hydrogen (secondary N) is 1. The molecule has 0 saturated carbocycles. The summed E-state index contributed by atoms with van der Waals surface area (Å²) >= 11 is 0. The molecule has 1 rings (SSSR count). The van der Waals surface area contributed by atoms with Gasteiger partial charge in [0.2, 0.25) is 0 Å². The molecule has 0 aromatic heterocycles. The van der Waals surface area contributed by atoms with E-state index in [-0.39, 0.29) is 5.97 Å². The van der Waals surface area contributed by atoms with Crippen molar-refractivity contribution in [2.24, 2.45) is 5.92 Å². The third kappa shape index (κ3) is 4.46. The Morgan fingerprint density at radius 2 is 2.16 bits per heavy atom. The molecule has 0 radical (unpaired) electrons. The molecule has 112 valence electrons. The molecule has 3 unspecified atom stereocenters. The van der Waals surface area contributed by atoms with Crippen LogP contribution in [0.4, 0.5) is 0 Å². The molecule has 1 aliphatic heterocycles. The lowest BCUT2D eigenvalue weighted by atomic mass is 9.96. The predicted molar refractivity (Wildman–Crippen MR) is 78.1 cm³/mol. The summed E-state index contributed by atoms with van der Waals surface area (Å²) in [5.41, 5.74) is -0.551. The molecule has 1 fully saturated rings. The fourth-order valence-electron chi connectivity index (χ4n) is 2.95. The van der Waals surface area contributed by atoms with Crippen LogP contribution in [-0.2, 0) is 9.53 Å². The summed E-state index contributed by atoms with van der Waals surface area (Å²) in [5.74, 6) is 0.663. The third-order valence-electron chi connectivity index (χ3n) is 4.31. The zero-order chi connectivity index (χ0) is 14.5. The van der Waals surface area contributed by atoms with Gasteiger partial charge < -0.3 is 15.0 Å². The molecule has 1 N–H and O–H groups in total. The molecule has 0 amide bonds. The first kappa shape index (κ1) is 16.4. The monoisotopic (exact) mass is 270 g/mol. The lowest BCUT2D eigenvalue weighted by Crippen LogP contribution is -2.49. The average molecular weight is 270 g/mol. The number of hydrogen-bond donors (Lipinski definition) is 1. The van der Waals surface area contributed by atoms with Crippen molar-refractivity contribution in [3.8, 4) is 0 Å². The van der Waals surface area contributed by atoms with E-state index < -0.39 is 5.54 Å². The van der Waals surface area contributed by atoms with Crippen LogP contribution in [-0.4, -0.2) is 49.2 Å². The Kier molecular flexibility index (Phi) is 6.27. The second-order valence-corrected chi connectivity index (χ2v) is 6.09. The van der Waals surface area contributed by atoms with Crippen LogP contribution in [0.15, 0.2) is 0 Å². The van der Waals surface area contributed by atoms with Crippen LogP contribution in [0.3, 0.4) is 0 Å². The number of nitrogens with zero attached hydrogens (tertiary/aromatic N) is 1. The summed E-state index contributed by atoms with van der Waals surface area (Å²) in [6, 6.07) is 0.679. The first-order valence-electron chi connectivity index (χ1n) is 7.53. The molecule has 0 aromatic carbocycles. The van der Waals surface area contributed by atoms with Crippen LogP contribution in [0.2, 0.25) is 0 Å².